The summed E-state index contributed by atoms with van der Waals surface area (Å²) in [6, 6.07) is 13.5. The molecule has 0 spiro atoms. The van der Waals surface area contributed by atoms with Gasteiger partial charge in [0.15, 0.2) is 0 Å². The van der Waals surface area contributed by atoms with Gasteiger partial charge in [0.25, 0.3) is 0 Å². The molecule has 0 amide bonds. The SMILES string of the molecule is Cc1ccc(Br)cc1CNc1cc(C#N)ccc1N. The van der Waals surface area contributed by atoms with Crippen LogP contribution in [0.2, 0.25) is 0 Å². The van der Waals surface area contributed by atoms with Crippen molar-refractivity contribution < 1.29 is 0 Å². The van der Waals surface area contributed by atoms with Crippen molar-refractivity contribution in [3.8, 4) is 6.07 Å². The number of nitrogens with zero attached hydrogens (tertiary/aromatic N) is 1. The molecular weight excluding hydrogens is 302 g/mol. The third kappa shape index (κ3) is 3.27. The maximum atomic E-state index is 8.89. The second-order valence-corrected chi connectivity index (χ2v) is 5.25. The summed E-state index contributed by atoms with van der Waals surface area (Å²) in [5.41, 5.74) is 10.3. The average Bonchev–Trinajstić information content (AvgIpc) is 2.41. The number of nitrogen functional groups attached to an aromatic ring is 1. The summed E-state index contributed by atoms with van der Waals surface area (Å²) >= 11 is 3.46. The minimum Gasteiger partial charge on any atom is -0.397 e. The summed E-state index contributed by atoms with van der Waals surface area (Å²) in [5, 5.41) is 12.2. The molecule has 19 heavy (non-hydrogen) atoms. The zero-order chi connectivity index (χ0) is 13.8. The molecule has 3 nitrogen and oxygen atoms in total. The van der Waals surface area contributed by atoms with E-state index < -0.39 is 0 Å². The molecule has 0 saturated heterocycles. The van der Waals surface area contributed by atoms with Crippen molar-refractivity contribution in [2.45, 2.75) is 13.5 Å². The molecule has 2 rings (SSSR count). The average molecular weight is 316 g/mol. The van der Waals surface area contributed by atoms with Gasteiger partial charge in [-0.15, -0.1) is 0 Å². The van der Waals surface area contributed by atoms with Gasteiger partial charge in [0.1, 0.15) is 0 Å². The predicted octanol–water partition coefficient (Wildman–Crippen LogP) is 3.82. The van der Waals surface area contributed by atoms with E-state index in [0.717, 1.165) is 10.2 Å². The van der Waals surface area contributed by atoms with Crippen LogP contribution in [0.15, 0.2) is 40.9 Å². The lowest BCUT2D eigenvalue weighted by Crippen LogP contribution is -2.04. The lowest BCUT2D eigenvalue weighted by molar-refractivity contribution is 1.12. The number of halogens is 1. The molecule has 0 aromatic heterocycles. The van der Waals surface area contributed by atoms with Crippen molar-refractivity contribution in [3.05, 3.63) is 57.6 Å². The molecule has 2 aromatic rings. The molecule has 0 radical (unpaired) electrons. The quantitative estimate of drug-likeness (QED) is 0.846. The number of benzene rings is 2. The number of nitriles is 1. The number of hydrogen-bond acceptors (Lipinski definition) is 3. The number of rotatable bonds is 3. The van der Waals surface area contributed by atoms with E-state index in [4.69, 9.17) is 11.0 Å². The van der Waals surface area contributed by atoms with Gasteiger partial charge in [-0.2, -0.15) is 5.26 Å². The second-order valence-electron chi connectivity index (χ2n) is 4.34. The van der Waals surface area contributed by atoms with Crippen molar-refractivity contribution in [3.63, 3.8) is 0 Å². The first-order valence-corrected chi connectivity index (χ1v) is 6.68. The summed E-state index contributed by atoms with van der Waals surface area (Å²) in [4.78, 5) is 0. The van der Waals surface area contributed by atoms with Crippen LogP contribution in [0.1, 0.15) is 16.7 Å². The van der Waals surface area contributed by atoms with Crippen LogP contribution in [0.5, 0.6) is 0 Å². The molecule has 2 aromatic carbocycles. The van der Waals surface area contributed by atoms with Gasteiger partial charge in [-0.25, -0.2) is 0 Å². The van der Waals surface area contributed by atoms with Crippen molar-refractivity contribution in [2.75, 3.05) is 11.1 Å². The van der Waals surface area contributed by atoms with Crippen LogP contribution < -0.4 is 11.1 Å². The fraction of sp³-hybridized carbons (Fsp3) is 0.133. The van der Waals surface area contributed by atoms with Gasteiger partial charge in [-0.3, -0.25) is 0 Å². The molecule has 0 fully saturated rings. The molecule has 0 saturated carbocycles. The van der Waals surface area contributed by atoms with Crippen molar-refractivity contribution >= 4 is 27.3 Å². The lowest BCUT2D eigenvalue weighted by Gasteiger charge is -2.12. The Labute approximate surface area is 121 Å². The first-order valence-electron chi connectivity index (χ1n) is 5.88. The molecule has 4 heteroatoms. The van der Waals surface area contributed by atoms with E-state index in [1.54, 1.807) is 18.2 Å². The summed E-state index contributed by atoms with van der Waals surface area (Å²) in [7, 11) is 0. The van der Waals surface area contributed by atoms with Crippen LogP contribution in [-0.2, 0) is 6.54 Å². The van der Waals surface area contributed by atoms with Gasteiger partial charge in [0, 0.05) is 11.0 Å². The molecule has 0 aliphatic heterocycles. The Morgan fingerprint density at radius 2 is 2.05 bits per heavy atom. The van der Waals surface area contributed by atoms with Gasteiger partial charge < -0.3 is 11.1 Å². The first kappa shape index (κ1) is 13.4. The predicted molar refractivity (Wildman–Crippen MR) is 81.8 cm³/mol. The number of anilines is 2. The van der Waals surface area contributed by atoms with Gasteiger partial charge in [0.05, 0.1) is 23.0 Å². The standard InChI is InChI=1S/C15H14BrN3/c1-10-2-4-13(16)7-12(10)9-19-15-6-11(8-17)3-5-14(15)18/h2-7,19H,9,18H2,1H3. The van der Waals surface area contributed by atoms with Crippen molar-refractivity contribution in [1.82, 2.24) is 0 Å². The van der Waals surface area contributed by atoms with Crippen LogP contribution in [-0.4, -0.2) is 0 Å². The van der Waals surface area contributed by atoms with E-state index in [1.807, 2.05) is 6.07 Å². The smallest absolute Gasteiger partial charge is 0.0992 e. The van der Waals surface area contributed by atoms with Crippen molar-refractivity contribution in [2.24, 2.45) is 0 Å². The minimum atomic E-state index is 0.600. The number of nitrogens with two attached hydrogens (primary N) is 1. The molecule has 3 N–H and O–H groups in total. The Hall–Kier alpha value is -1.99. The molecule has 0 aliphatic rings. The Kier molecular flexibility index (Phi) is 4.08. The topological polar surface area (TPSA) is 61.8 Å². The highest BCUT2D eigenvalue weighted by atomic mass is 79.9. The summed E-state index contributed by atoms with van der Waals surface area (Å²) < 4.78 is 1.05. The fourth-order valence-corrected chi connectivity index (χ4v) is 2.21. The monoisotopic (exact) mass is 315 g/mol. The zero-order valence-corrected chi connectivity index (χ0v) is 12.2. The Bertz CT molecular complexity index is 644. The molecular formula is C15H14BrN3. The van der Waals surface area contributed by atoms with E-state index >= 15 is 0 Å². The molecule has 0 bridgehead atoms. The molecule has 0 aliphatic carbocycles. The zero-order valence-electron chi connectivity index (χ0n) is 10.6. The summed E-state index contributed by atoms with van der Waals surface area (Å²) in [6.07, 6.45) is 0. The Morgan fingerprint density at radius 1 is 1.26 bits per heavy atom. The van der Waals surface area contributed by atoms with E-state index in [-0.39, 0.29) is 0 Å². The molecule has 0 atom stereocenters. The Morgan fingerprint density at radius 3 is 2.79 bits per heavy atom. The fourth-order valence-electron chi connectivity index (χ4n) is 1.80. The van der Waals surface area contributed by atoms with Crippen LogP contribution in [0.25, 0.3) is 0 Å². The van der Waals surface area contributed by atoms with Gasteiger partial charge in [0.2, 0.25) is 0 Å². The van der Waals surface area contributed by atoms with Gasteiger partial charge in [-0.1, -0.05) is 22.0 Å². The van der Waals surface area contributed by atoms with Crippen LogP contribution in [0.3, 0.4) is 0 Å². The van der Waals surface area contributed by atoms with Crippen LogP contribution in [0.4, 0.5) is 11.4 Å². The van der Waals surface area contributed by atoms with Crippen LogP contribution in [0, 0.1) is 18.3 Å². The minimum absolute atomic E-state index is 0.600. The lowest BCUT2D eigenvalue weighted by atomic mass is 10.1. The van der Waals surface area contributed by atoms with E-state index in [2.05, 4.69) is 46.4 Å². The first-order chi connectivity index (χ1) is 9.10. The van der Waals surface area contributed by atoms with E-state index in [0.29, 0.717) is 17.8 Å². The van der Waals surface area contributed by atoms with E-state index in [9.17, 15) is 0 Å². The van der Waals surface area contributed by atoms with Gasteiger partial charge >= 0.3 is 0 Å². The van der Waals surface area contributed by atoms with Gasteiger partial charge in [-0.05, 0) is 48.4 Å². The van der Waals surface area contributed by atoms with Crippen molar-refractivity contribution in [1.29, 1.82) is 5.26 Å². The highest BCUT2D eigenvalue weighted by Gasteiger charge is 2.03. The number of hydrogen-bond donors (Lipinski definition) is 2. The number of nitrogens with one attached hydrogen (secondary N) is 1. The third-order valence-corrected chi connectivity index (χ3v) is 3.46. The highest BCUT2D eigenvalue weighted by Crippen LogP contribution is 2.22. The third-order valence-electron chi connectivity index (χ3n) is 2.96. The summed E-state index contributed by atoms with van der Waals surface area (Å²) in [6.45, 7) is 2.74. The van der Waals surface area contributed by atoms with Crippen LogP contribution >= 0.6 is 15.9 Å². The second kappa shape index (κ2) is 5.77. The van der Waals surface area contributed by atoms with E-state index in [1.165, 1.54) is 11.1 Å². The molecule has 96 valence electrons. The molecule has 0 unspecified atom stereocenters. The highest BCUT2D eigenvalue weighted by molar-refractivity contribution is 9.10. The maximum Gasteiger partial charge on any atom is 0.0992 e. The number of aryl methyl sites for hydroxylation is 1. The Balaban J connectivity index is 2.19. The molecule has 0 heterocycles. The maximum absolute atomic E-state index is 8.89. The summed E-state index contributed by atoms with van der Waals surface area (Å²) in [5.74, 6) is 0. The normalized spacial score (nSPS) is 9.95. The largest absolute Gasteiger partial charge is 0.397 e.